The van der Waals surface area contributed by atoms with Crippen LogP contribution in [0.3, 0.4) is 0 Å². The summed E-state index contributed by atoms with van der Waals surface area (Å²) in [6.07, 6.45) is 0. The van der Waals surface area contributed by atoms with Crippen molar-refractivity contribution < 1.29 is 0 Å². The average Bonchev–Trinajstić information content (AvgIpc) is 3.66. The topological polar surface area (TPSA) is 0 Å². The van der Waals surface area contributed by atoms with E-state index >= 15 is 0 Å². The highest BCUT2D eigenvalue weighted by atomic mass is 14.3. The zero-order chi connectivity index (χ0) is 38.4. The molecule has 0 atom stereocenters. The molecule has 11 rings (SSSR count). The van der Waals surface area contributed by atoms with Gasteiger partial charge < -0.3 is 0 Å². The van der Waals surface area contributed by atoms with Gasteiger partial charge in [-0.2, -0.15) is 0 Å². The van der Waals surface area contributed by atoms with Crippen molar-refractivity contribution in [3.05, 3.63) is 156 Å². The van der Waals surface area contributed by atoms with E-state index < -0.39 is 0 Å². The number of hydrogen-bond acceptors (Lipinski definition) is 0. The molecule has 0 radical (unpaired) electrons. The van der Waals surface area contributed by atoms with Crippen molar-refractivity contribution in [2.24, 2.45) is 0 Å². The van der Waals surface area contributed by atoms with Crippen molar-refractivity contribution in [2.75, 3.05) is 0 Å². The fraction of sp³-hybridized carbons (Fsp3) is 0.179. The Morgan fingerprint density at radius 1 is 0.268 bits per heavy atom. The third-order valence-electron chi connectivity index (χ3n) is 12.9. The summed E-state index contributed by atoms with van der Waals surface area (Å²) in [5.74, 6) is 0. The summed E-state index contributed by atoms with van der Waals surface area (Å²) in [6.45, 7) is 18.3. The Labute approximate surface area is 329 Å². The summed E-state index contributed by atoms with van der Waals surface area (Å²) < 4.78 is 0. The van der Waals surface area contributed by atoms with E-state index in [9.17, 15) is 0 Å². The smallest absolute Gasteiger partial charge is 0.00195 e. The van der Waals surface area contributed by atoms with Gasteiger partial charge in [-0.1, -0.05) is 138 Å². The molecule has 0 aliphatic carbocycles. The third-order valence-corrected chi connectivity index (χ3v) is 12.9. The van der Waals surface area contributed by atoms with Gasteiger partial charge in [0.2, 0.25) is 0 Å². The molecule has 0 heteroatoms. The zero-order valence-corrected chi connectivity index (χ0v) is 33.7. The van der Waals surface area contributed by atoms with Crippen LogP contribution in [-0.4, -0.2) is 0 Å². The van der Waals surface area contributed by atoms with Gasteiger partial charge >= 0.3 is 0 Å². The van der Waals surface area contributed by atoms with Crippen molar-refractivity contribution in [1.82, 2.24) is 0 Å². The van der Waals surface area contributed by atoms with Gasteiger partial charge in [0.25, 0.3) is 0 Å². The second-order valence-corrected chi connectivity index (χ2v) is 18.8. The third kappa shape index (κ3) is 4.78. The second kappa shape index (κ2) is 11.3. The lowest BCUT2D eigenvalue weighted by Crippen LogP contribution is -2.10. The van der Waals surface area contributed by atoms with Crippen LogP contribution < -0.4 is 0 Å². The van der Waals surface area contributed by atoms with Gasteiger partial charge in [0.05, 0.1) is 0 Å². The van der Waals surface area contributed by atoms with E-state index in [1.807, 2.05) is 0 Å². The number of benzene rings is 9. The highest BCUT2D eigenvalue weighted by Gasteiger charge is 2.23. The lowest BCUT2D eigenvalue weighted by atomic mass is 9.86. The summed E-state index contributed by atoms with van der Waals surface area (Å²) >= 11 is 0. The molecule has 11 aromatic carbocycles. The number of fused-ring (bicyclic) bond motifs is 11. The maximum absolute atomic E-state index is 2.53. The van der Waals surface area contributed by atoms with Gasteiger partial charge in [-0.15, -0.1) is 0 Å². The molecule has 0 aromatic heterocycles. The molecule has 0 unspecified atom stereocenters. The molecular weight excluding hydrogens is 673 g/mol. The first-order valence-corrected chi connectivity index (χ1v) is 20.2. The van der Waals surface area contributed by atoms with E-state index in [2.05, 4.69) is 189 Å². The van der Waals surface area contributed by atoms with Crippen LogP contribution in [0.1, 0.15) is 63.8 Å². The average molecular weight is 719 g/mol. The molecule has 0 heterocycles. The van der Waals surface area contributed by atoms with E-state index in [1.54, 1.807) is 0 Å². The Morgan fingerprint density at radius 3 is 0.946 bits per heavy atom. The monoisotopic (exact) mass is 718 g/mol. The fourth-order valence-electron chi connectivity index (χ4n) is 9.91. The predicted molar refractivity (Wildman–Crippen MR) is 247 cm³/mol. The van der Waals surface area contributed by atoms with Gasteiger partial charge in [-0.3, -0.25) is 0 Å². The first kappa shape index (κ1) is 33.4. The summed E-state index contributed by atoms with van der Waals surface area (Å²) in [5, 5.41) is 21.5. The lowest BCUT2D eigenvalue weighted by molar-refractivity contribution is 0.591. The number of hydrogen-bond donors (Lipinski definition) is 0. The normalized spacial score (nSPS) is 13.0. The summed E-state index contributed by atoms with van der Waals surface area (Å²) in [4.78, 5) is 0. The van der Waals surface area contributed by atoms with Gasteiger partial charge in [0.15, 0.2) is 0 Å². The molecular formula is C56H46. The van der Waals surface area contributed by atoms with Gasteiger partial charge in [-0.25, -0.2) is 0 Å². The molecule has 0 aliphatic rings. The second-order valence-electron chi connectivity index (χ2n) is 18.8. The Kier molecular flexibility index (Phi) is 6.73. The van der Waals surface area contributed by atoms with Crippen LogP contribution in [0, 0.1) is 13.8 Å². The summed E-state index contributed by atoms with van der Waals surface area (Å²) in [6, 6.07) is 52.2. The molecule has 0 aliphatic heterocycles. The minimum atomic E-state index is 0.0573. The molecule has 0 nitrogen and oxygen atoms in total. The maximum atomic E-state index is 2.53. The van der Waals surface area contributed by atoms with Crippen molar-refractivity contribution in [1.29, 1.82) is 0 Å². The molecule has 0 saturated heterocycles. The first-order chi connectivity index (χ1) is 26.8. The van der Waals surface area contributed by atoms with Crippen molar-refractivity contribution in [3.63, 3.8) is 0 Å². The quantitative estimate of drug-likeness (QED) is 0.156. The highest BCUT2D eigenvalue weighted by Crippen LogP contribution is 2.50. The van der Waals surface area contributed by atoms with Crippen molar-refractivity contribution in [2.45, 2.75) is 66.2 Å². The SMILES string of the molecule is Cc1cccc(-c2cc3c4ccc5c(cc6c7ccc(C(C)(C)C)cc7c7cc(-c8cccc(C)c8)cc5c76)c4cc4c5ccc(C(C)(C)C)cc5c(c2)c34)c1. The standard InChI is InChI=1S/C56H46/c1-31-11-9-13-33(21-31)35-23-47-41-19-20-42-46(45(41)29-51-39-17-15-37(55(3,4)5)27-43(39)49(25-35)53(47)51)30-52-40-18-16-38(56(6,7)8)28-44(40)50-26-36(24-48(42)54(50)52)34-14-10-12-32(2)22-34/h9-30H,1-8H3. The fourth-order valence-corrected chi connectivity index (χ4v) is 9.91. The first-order valence-electron chi connectivity index (χ1n) is 20.2. The van der Waals surface area contributed by atoms with E-state index in [4.69, 9.17) is 0 Å². The Hall–Kier alpha value is -5.98. The Morgan fingerprint density at radius 2 is 0.589 bits per heavy atom. The molecule has 0 saturated carbocycles. The van der Waals surface area contributed by atoms with Crippen LogP contribution in [-0.2, 0) is 10.8 Å². The van der Waals surface area contributed by atoms with Crippen molar-refractivity contribution >= 4 is 86.2 Å². The van der Waals surface area contributed by atoms with Gasteiger partial charge in [0, 0.05) is 0 Å². The van der Waals surface area contributed by atoms with Crippen LogP contribution >= 0.6 is 0 Å². The van der Waals surface area contributed by atoms with Gasteiger partial charge in [0.1, 0.15) is 0 Å². The van der Waals surface area contributed by atoms with E-state index in [0.29, 0.717) is 0 Å². The number of rotatable bonds is 2. The van der Waals surface area contributed by atoms with Crippen molar-refractivity contribution in [3.8, 4) is 22.3 Å². The van der Waals surface area contributed by atoms with Crippen LogP contribution in [0.25, 0.3) is 108 Å². The predicted octanol–water partition coefficient (Wildman–Crippen LogP) is 16.3. The number of aryl methyl sites for hydroxylation is 2. The van der Waals surface area contributed by atoms with E-state index in [-0.39, 0.29) is 10.8 Å². The van der Waals surface area contributed by atoms with Crippen LogP contribution in [0.5, 0.6) is 0 Å². The molecule has 11 aromatic rings. The maximum Gasteiger partial charge on any atom is -0.00195 e. The van der Waals surface area contributed by atoms with Crippen LogP contribution in [0.2, 0.25) is 0 Å². The van der Waals surface area contributed by atoms with E-state index in [1.165, 1.54) is 131 Å². The molecule has 270 valence electrons. The lowest BCUT2D eigenvalue weighted by Gasteiger charge is -2.19. The Balaban J connectivity index is 1.32. The van der Waals surface area contributed by atoms with Gasteiger partial charge in [-0.05, 0) is 193 Å². The highest BCUT2D eigenvalue weighted by molar-refractivity contribution is 6.40. The minimum Gasteiger partial charge on any atom is -0.0614 e. The molecule has 0 amide bonds. The largest absolute Gasteiger partial charge is 0.0614 e. The van der Waals surface area contributed by atoms with E-state index in [0.717, 1.165) is 0 Å². The summed E-state index contributed by atoms with van der Waals surface area (Å²) in [7, 11) is 0. The molecule has 0 bridgehead atoms. The Bertz CT molecular complexity index is 3200. The van der Waals surface area contributed by atoms with Crippen LogP contribution in [0.4, 0.5) is 0 Å². The minimum absolute atomic E-state index is 0.0573. The van der Waals surface area contributed by atoms with Crippen LogP contribution in [0.15, 0.2) is 133 Å². The summed E-state index contributed by atoms with van der Waals surface area (Å²) in [5.41, 5.74) is 10.5. The molecule has 0 N–H and O–H groups in total. The molecule has 0 fully saturated rings. The zero-order valence-electron chi connectivity index (χ0n) is 33.7. The molecule has 56 heavy (non-hydrogen) atoms. The molecule has 0 spiro atoms.